The molecular weight excluding hydrogens is 204 g/mol. The molecule has 96 valence electrons. The maximum absolute atomic E-state index is 5.75. The van der Waals surface area contributed by atoms with Crippen LogP contribution in [0, 0.1) is 5.92 Å². The van der Waals surface area contributed by atoms with E-state index in [0.717, 1.165) is 18.8 Å². The lowest BCUT2D eigenvalue weighted by molar-refractivity contribution is -0.0917. The summed E-state index contributed by atoms with van der Waals surface area (Å²) in [6, 6.07) is 0.0879. The minimum absolute atomic E-state index is 0.0879. The van der Waals surface area contributed by atoms with Crippen LogP contribution in [-0.2, 0) is 9.47 Å². The van der Waals surface area contributed by atoms with Crippen molar-refractivity contribution in [3.8, 4) is 0 Å². The van der Waals surface area contributed by atoms with E-state index >= 15 is 0 Å². The monoisotopic (exact) mass is 230 g/mol. The number of rotatable bonds is 6. The summed E-state index contributed by atoms with van der Waals surface area (Å²) >= 11 is 0. The summed E-state index contributed by atoms with van der Waals surface area (Å²) in [6.07, 6.45) is 4.54. The van der Waals surface area contributed by atoms with Gasteiger partial charge in [0.25, 0.3) is 0 Å². The van der Waals surface area contributed by atoms with Crippen LogP contribution >= 0.6 is 0 Å². The van der Waals surface area contributed by atoms with Crippen molar-refractivity contribution in [3.05, 3.63) is 0 Å². The summed E-state index contributed by atoms with van der Waals surface area (Å²) < 4.78 is 11.2. The highest BCUT2D eigenvalue weighted by atomic mass is 16.5. The van der Waals surface area contributed by atoms with Crippen molar-refractivity contribution in [1.29, 1.82) is 0 Å². The van der Waals surface area contributed by atoms with Crippen LogP contribution in [0.3, 0.4) is 0 Å². The molecule has 1 unspecified atom stereocenters. The van der Waals surface area contributed by atoms with Gasteiger partial charge in [-0.2, -0.15) is 0 Å². The van der Waals surface area contributed by atoms with Crippen molar-refractivity contribution in [1.82, 2.24) is 5.43 Å². The van der Waals surface area contributed by atoms with Crippen LogP contribution in [-0.4, -0.2) is 32.0 Å². The zero-order chi connectivity index (χ0) is 12.0. The van der Waals surface area contributed by atoms with Gasteiger partial charge < -0.3 is 9.47 Å². The molecule has 1 aliphatic rings. The molecule has 0 bridgehead atoms. The predicted molar refractivity (Wildman–Crippen MR) is 65.0 cm³/mol. The van der Waals surface area contributed by atoms with E-state index in [2.05, 4.69) is 12.3 Å². The molecule has 0 aromatic heterocycles. The molecule has 1 rings (SSSR count). The number of ether oxygens (including phenoxy) is 2. The van der Waals surface area contributed by atoms with Gasteiger partial charge in [0.1, 0.15) is 0 Å². The van der Waals surface area contributed by atoms with Gasteiger partial charge >= 0.3 is 0 Å². The second-order valence-electron chi connectivity index (χ2n) is 4.83. The van der Waals surface area contributed by atoms with Gasteiger partial charge in [0.2, 0.25) is 0 Å². The molecule has 0 saturated heterocycles. The van der Waals surface area contributed by atoms with Crippen LogP contribution in [0.5, 0.6) is 0 Å². The molecule has 1 saturated carbocycles. The van der Waals surface area contributed by atoms with Crippen molar-refractivity contribution < 1.29 is 9.47 Å². The Morgan fingerprint density at radius 2 is 2.06 bits per heavy atom. The van der Waals surface area contributed by atoms with Gasteiger partial charge in [-0.25, -0.2) is 0 Å². The first-order valence-corrected chi connectivity index (χ1v) is 6.27. The Labute approximate surface area is 98.8 Å². The van der Waals surface area contributed by atoms with Crippen LogP contribution in [0.4, 0.5) is 0 Å². The molecule has 0 aromatic rings. The Kier molecular flexibility index (Phi) is 5.69. The number of methoxy groups -OCH3 is 1. The van der Waals surface area contributed by atoms with Crippen LogP contribution in [0.15, 0.2) is 0 Å². The summed E-state index contributed by atoms with van der Waals surface area (Å²) in [7, 11) is 1.78. The van der Waals surface area contributed by atoms with Crippen LogP contribution in [0.2, 0.25) is 0 Å². The lowest BCUT2D eigenvalue weighted by Crippen LogP contribution is -2.58. The Hall–Kier alpha value is -0.160. The van der Waals surface area contributed by atoms with Crippen LogP contribution in [0.1, 0.15) is 39.5 Å². The minimum atomic E-state index is -0.142. The number of nitrogens with two attached hydrogens (primary N) is 1. The first-order valence-electron chi connectivity index (χ1n) is 6.27. The molecular formula is C12H26N2O2. The highest BCUT2D eigenvalue weighted by Gasteiger charge is 2.41. The molecule has 0 heterocycles. The van der Waals surface area contributed by atoms with E-state index in [1.165, 1.54) is 12.8 Å². The van der Waals surface area contributed by atoms with Gasteiger partial charge in [0, 0.05) is 13.7 Å². The molecule has 0 radical (unpaired) electrons. The molecule has 4 heteroatoms. The van der Waals surface area contributed by atoms with Crippen molar-refractivity contribution in [3.63, 3.8) is 0 Å². The number of hydrogen-bond donors (Lipinski definition) is 2. The molecule has 1 fully saturated rings. The Morgan fingerprint density at radius 3 is 2.50 bits per heavy atom. The highest BCUT2D eigenvalue weighted by molar-refractivity contribution is 4.95. The first-order chi connectivity index (χ1) is 7.68. The SMILES string of the molecule is CCOCC(NN)C1(OC)CCC(C)CC1. The van der Waals surface area contributed by atoms with E-state index in [1.807, 2.05) is 6.92 Å². The van der Waals surface area contributed by atoms with Crippen LogP contribution < -0.4 is 11.3 Å². The topological polar surface area (TPSA) is 56.5 Å². The largest absolute Gasteiger partial charge is 0.380 e. The van der Waals surface area contributed by atoms with Gasteiger partial charge in [-0.1, -0.05) is 6.92 Å². The van der Waals surface area contributed by atoms with Crippen molar-refractivity contribution in [2.24, 2.45) is 11.8 Å². The summed E-state index contributed by atoms with van der Waals surface area (Å²) in [4.78, 5) is 0. The standard InChI is InChI=1S/C12H26N2O2/c1-4-16-9-11(14-13)12(15-3)7-5-10(2)6-8-12/h10-11,14H,4-9,13H2,1-3H3. The molecule has 4 nitrogen and oxygen atoms in total. The fourth-order valence-electron chi connectivity index (χ4n) is 2.53. The molecule has 3 N–H and O–H groups in total. The third-order valence-corrected chi connectivity index (χ3v) is 3.85. The third-order valence-electron chi connectivity index (χ3n) is 3.85. The Morgan fingerprint density at radius 1 is 1.44 bits per heavy atom. The zero-order valence-corrected chi connectivity index (χ0v) is 10.8. The second-order valence-corrected chi connectivity index (χ2v) is 4.83. The summed E-state index contributed by atoms with van der Waals surface area (Å²) in [5.41, 5.74) is 2.72. The quantitative estimate of drug-likeness (QED) is 0.535. The van der Waals surface area contributed by atoms with Gasteiger partial charge in [0.05, 0.1) is 18.2 Å². The second kappa shape index (κ2) is 6.55. The average molecular weight is 230 g/mol. The molecule has 16 heavy (non-hydrogen) atoms. The van der Waals surface area contributed by atoms with Crippen molar-refractivity contribution in [2.75, 3.05) is 20.3 Å². The van der Waals surface area contributed by atoms with Gasteiger partial charge in [-0.3, -0.25) is 11.3 Å². The molecule has 0 spiro atoms. The highest BCUT2D eigenvalue weighted by Crippen LogP contribution is 2.36. The summed E-state index contributed by atoms with van der Waals surface area (Å²) in [6.45, 7) is 5.63. The normalized spacial score (nSPS) is 32.6. The lowest BCUT2D eigenvalue weighted by atomic mass is 9.75. The van der Waals surface area contributed by atoms with E-state index in [1.54, 1.807) is 7.11 Å². The summed E-state index contributed by atoms with van der Waals surface area (Å²) in [5, 5.41) is 0. The molecule has 0 amide bonds. The first kappa shape index (κ1) is 13.9. The van der Waals surface area contributed by atoms with Gasteiger partial charge in [0.15, 0.2) is 0 Å². The molecule has 0 aromatic carbocycles. The number of hydrazine groups is 1. The summed E-state index contributed by atoms with van der Waals surface area (Å²) in [5.74, 6) is 6.43. The molecule has 1 atom stereocenters. The maximum atomic E-state index is 5.75. The maximum Gasteiger partial charge on any atom is 0.0867 e. The number of hydrogen-bond acceptors (Lipinski definition) is 4. The van der Waals surface area contributed by atoms with E-state index in [4.69, 9.17) is 15.3 Å². The van der Waals surface area contributed by atoms with E-state index in [9.17, 15) is 0 Å². The fraction of sp³-hybridized carbons (Fsp3) is 1.00. The smallest absolute Gasteiger partial charge is 0.0867 e. The fourth-order valence-corrected chi connectivity index (χ4v) is 2.53. The number of nitrogens with one attached hydrogen (secondary N) is 1. The van der Waals surface area contributed by atoms with Gasteiger partial charge in [-0.15, -0.1) is 0 Å². The van der Waals surface area contributed by atoms with Gasteiger partial charge in [-0.05, 0) is 38.5 Å². The van der Waals surface area contributed by atoms with Crippen molar-refractivity contribution in [2.45, 2.75) is 51.2 Å². The molecule has 0 aliphatic heterocycles. The van der Waals surface area contributed by atoms with E-state index in [-0.39, 0.29) is 11.6 Å². The Balaban J connectivity index is 2.61. The average Bonchev–Trinajstić information content (AvgIpc) is 2.32. The lowest BCUT2D eigenvalue weighted by Gasteiger charge is -2.43. The Bertz CT molecular complexity index is 191. The predicted octanol–water partition coefficient (Wildman–Crippen LogP) is 1.45. The third kappa shape index (κ3) is 3.17. The molecule has 1 aliphatic carbocycles. The minimum Gasteiger partial charge on any atom is -0.380 e. The zero-order valence-electron chi connectivity index (χ0n) is 10.8. The van der Waals surface area contributed by atoms with E-state index in [0.29, 0.717) is 13.2 Å². The van der Waals surface area contributed by atoms with E-state index < -0.39 is 0 Å². The van der Waals surface area contributed by atoms with Crippen molar-refractivity contribution >= 4 is 0 Å². The van der Waals surface area contributed by atoms with Crippen LogP contribution in [0.25, 0.3) is 0 Å².